The Bertz CT molecular complexity index is 799. The number of benzene rings is 1. The van der Waals surface area contributed by atoms with Gasteiger partial charge in [0.15, 0.2) is 0 Å². The summed E-state index contributed by atoms with van der Waals surface area (Å²) in [6, 6.07) is 6.66. The highest BCUT2D eigenvalue weighted by Gasteiger charge is 2.51. The van der Waals surface area contributed by atoms with E-state index in [4.69, 9.17) is 11.6 Å². The van der Waals surface area contributed by atoms with E-state index in [1.165, 1.54) is 12.8 Å². The van der Waals surface area contributed by atoms with E-state index in [1.807, 2.05) is 17.0 Å². The normalized spacial score (nSPS) is 25.7. The number of carbonyl (C=O) groups is 2. The summed E-state index contributed by atoms with van der Waals surface area (Å²) < 4.78 is 0. The minimum Gasteiger partial charge on any atom is -0.391 e. The zero-order chi connectivity index (χ0) is 22.0. The molecule has 2 heterocycles. The summed E-state index contributed by atoms with van der Waals surface area (Å²) >= 11 is 5.89. The van der Waals surface area contributed by atoms with Crippen molar-refractivity contribution in [3.05, 3.63) is 34.9 Å². The minimum absolute atomic E-state index is 0.00325. The lowest BCUT2D eigenvalue weighted by molar-refractivity contribution is -0.139. The third-order valence-corrected chi connectivity index (χ3v) is 7.48. The molecule has 1 saturated carbocycles. The van der Waals surface area contributed by atoms with Crippen molar-refractivity contribution in [2.75, 3.05) is 39.3 Å². The SMILES string of the molecule is C[C@H]1C(=O)N(CCCN2CCC3(CC3)[C@H](O)C2)CCN1C(=O)NCc1ccc(Cl)cc1. The molecule has 1 aromatic carbocycles. The van der Waals surface area contributed by atoms with Crippen LogP contribution in [0, 0.1) is 5.41 Å². The van der Waals surface area contributed by atoms with Crippen LogP contribution >= 0.6 is 11.6 Å². The van der Waals surface area contributed by atoms with Crippen LogP contribution in [-0.2, 0) is 11.3 Å². The van der Waals surface area contributed by atoms with Crippen molar-refractivity contribution in [1.82, 2.24) is 20.0 Å². The van der Waals surface area contributed by atoms with Gasteiger partial charge in [-0.15, -0.1) is 0 Å². The maximum absolute atomic E-state index is 12.8. The van der Waals surface area contributed by atoms with E-state index in [9.17, 15) is 14.7 Å². The third kappa shape index (κ3) is 5.16. The van der Waals surface area contributed by atoms with Crippen molar-refractivity contribution in [2.24, 2.45) is 5.41 Å². The average molecular weight is 449 g/mol. The minimum atomic E-state index is -0.467. The molecule has 7 nitrogen and oxygen atoms in total. The largest absolute Gasteiger partial charge is 0.391 e. The number of halogens is 1. The second-order valence-electron chi connectivity index (χ2n) is 9.26. The molecule has 3 amide bonds. The smallest absolute Gasteiger partial charge is 0.318 e. The van der Waals surface area contributed by atoms with Gasteiger partial charge in [0, 0.05) is 37.7 Å². The van der Waals surface area contributed by atoms with E-state index in [2.05, 4.69) is 10.2 Å². The summed E-state index contributed by atoms with van der Waals surface area (Å²) in [7, 11) is 0. The summed E-state index contributed by atoms with van der Waals surface area (Å²) in [6.45, 7) is 6.69. The van der Waals surface area contributed by atoms with Crippen molar-refractivity contribution >= 4 is 23.5 Å². The summed E-state index contributed by atoms with van der Waals surface area (Å²) in [5.41, 5.74) is 1.19. The van der Waals surface area contributed by atoms with Crippen LogP contribution in [0.5, 0.6) is 0 Å². The number of rotatable bonds is 6. The summed E-state index contributed by atoms with van der Waals surface area (Å²) in [4.78, 5) is 31.2. The van der Waals surface area contributed by atoms with E-state index in [0.717, 1.165) is 38.0 Å². The fourth-order valence-corrected chi connectivity index (χ4v) is 4.95. The Hall–Kier alpha value is -1.83. The molecule has 2 aliphatic heterocycles. The van der Waals surface area contributed by atoms with Crippen LogP contribution in [-0.4, -0.2) is 83.2 Å². The van der Waals surface area contributed by atoms with E-state index < -0.39 is 6.04 Å². The first-order valence-electron chi connectivity index (χ1n) is 11.4. The molecule has 3 fully saturated rings. The lowest BCUT2D eigenvalue weighted by atomic mass is 9.90. The van der Waals surface area contributed by atoms with Gasteiger partial charge in [0.25, 0.3) is 0 Å². The number of hydrogen-bond donors (Lipinski definition) is 2. The lowest BCUT2D eigenvalue weighted by Crippen LogP contribution is -2.59. The first-order valence-corrected chi connectivity index (χ1v) is 11.7. The lowest BCUT2D eigenvalue weighted by Gasteiger charge is -2.40. The second kappa shape index (κ2) is 9.35. The van der Waals surface area contributed by atoms with Crippen LogP contribution in [0.3, 0.4) is 0 Å². The fraction of sp³-hybridized carbons (Fsp3) is 0.652. The molecule has 8 heteroatoms. The number of likely N-dealkylation sites (tertiary alicyclic amines) is 1. The Labute approximate surface area is 189 Å². The highest BCUT2D eigenvalue weighted by Crippen LogP contribution is 2.53. The van der Waals surface area contributed by atoms with E-state index in [-0.39, 0.29) is 23.5 Å². The van der Waals surface area contributed by atoms with E-state index in [1.54, 1.807) is 24.0 Å². The van der Waals surface area contributed by atoms with Crippen molar-refractivity contribution < 1.29 is 14.7 Å². The highest BCUT2D eigenvalue weighted by molar-refractivity contribution is 6.30. The van der Waals surface area contributed by atoms with E-state index in [0.29, 0.717) is 31.2 Å². The predicted octanol–water partition coefficient (Wildman–Crippen LogP) is 2.32. The van der Waals surface area contributed by atoms with Crippen LogP contribution < -0.4 is 5.32 Å². The van der Waals surface area contributed by atoms with Gasteiger partial charge in [-0.25, -0.2) is 4.79 Å². The van der Waals surface area contributed by atoms with Gasteiger partial charge in [0.2, 0.25) is 5.91 Å². The zero-order valence-electron chi connectivity index (χ0n) is 18.2. The van der Waals surface area contributed by atoms with Gasteiger partial charge in [-0.3, -0.25) is 4.79 Å². The van der Waals surface area contributed by atoms with Gasteiger partial charge >= 0.3 is 6.03 Å². The molecule has 170 valence electrons. The molecule has 1 aromatic rings. The van der Waals surface area contributed by atoms with Crippen LogP contribution in [0.4, 0.5) is 4.79 Å². The monoisotopic (exact) mass is 448 g/mol. The molecule has 0 bridgehead atoms. The Balaban J connectivity index is 1.19. The molecule has 2 saturated heterocycles. The number of piperazine rings is 1. The standard InChI is InChI=1S/C23H33ClN4O3/c1-17-21(30)27(11-2-10-26-12-9-23(7-8-23)20(29)16-26)13-14-28(17)22(31)25-15-18-3-5-19(24)6-4-18/h3-6,17,20,29H,2,7-16H2,1H3,(H,25,31)/t17-,20+/m0/s1. The van der Waals surface area contributed by atoms with Gasteiger partial charge in [-0.1, -0.05) is 23.7 Å². The number of aliphatic hydroxyl groups excluding tert-OH is 1. The summed E-state index contributed by atoms with van der Waals surface area (Å²) in [5.74, 6) is 0.00325. The van der Waals surface area contributed by atoms with Gasteiger partial charge < -0.3 is 25.1 Å². The first kappa shape index (κ1) is 22.4. The van der Waals surface area contributed by atoms with Gasteiger partial charge in [-0.05, 0) is 68.8 Å². The molecule has 31 heavy (non-hydrogen) atoms. The molecule has 1 aliphatic carbocycles. The number of urea groups is 1. The second-order valence-corrected chi connectivity index (χ2v) is 9.70. The highest BCUT2D eigenvalue weighted by atomic mass is 35.5. The fourth-order valence-electron chi connectivity index (χ4n) is 4.82. The van der Waals surface area contributed by atoms with Crippen molar-refractivity contribution in [1.29, 1.82) is 0 Å². The van der Waals surface area contributed by atoms with Crippen molar-refractivity contribution in [3.8, 4) is 0 Å². The molecule has 3 aliphatic rings. The number of carbonyl (C=O) groups excluding carboxylic acids is 2. The van der Waals surface area contributed by atoms with Gasteiger partial charge in [0.1, 0.15) is 6.04 Å². The molecular formula is C23H33ClN4O3. The maximum Gasteiger partial charge on any atom is 0.318 e. The molecule has 1 spiro atoms. The number of nitrogens with one attached hydrogen (secondary N) is 1. The molecule has 2 atom stereocenters. The molecule has 4 rings (SSSR count). The van der Waals surface area contributed by atoms with E-state index >= 15 is 0 Å². The number of nitrogens with zero attached hydrogens (tertiary/aromatic N) is 3. The Morgan fingerprint density at radius 3 is 2.58 bits per heavy atom. The molecular weight excluding hydrogens is 416 g/mol. The Morgan fingerprint density at radius 2 is 1.90 bits per heavy atom. The van der Waals surface area contributed by atoms with Gasteiger partial charge in [-0.2, -0.15) is 0 Å². The molecule has 0 radical (unpaired) electrons. The first-order chi connectivity index (χ1) is 14.9. The zero-order valence-corrected chi connectivity index (χ0v) is 19.0. The van der Waals surface area contributed by atoms with Crippen LogP contribution in [0.1, 0.15) is 38.2 Å². The summed E-state index contributed by atoms with van der Waals surface area (Å²) in [5, 5.41) is 13.9. The average Bonchev–Trinajstić information content (AvgIpc) is 3.54. The maximum atomic E-state index is 12.8. The Kier molecular flexibility index (Phi) is 6.74. The van der Waals surface area contributed by atoms with Crippen molar-refractivity contribution in [3.63, 3.8) is 0 Å². The predicted molar refractivity (Wildman–Crippen MR) is 120 cm³/mol. The Morgan fingerprint density at radius 1 is 1.16 bits per heavy atom. The topological polar surface area (TPSA) is 76.1 Å². The third-order valence-electron chi connectivity index (χ3n) is 7.22. The number of β-amino-alcohol motifs (C(OH)–C–C–N with tert-alkyl or cyclic N) is 1. The van der Waals surface area contributed by atoms with Gasteiger partial charge in [0.05, 0.1) is 6.10 Å². The molecule has 0 aromatic heterocycles. The summed E-state index contributed by atoms with van der Waals surface area (Å²) in [6.07, 6.45) is 4.13. The van der Waals surface area contributed by atoms with Crippen LogP contribution in [0.2, 0.25) is 5.02 Å². The number of amides is 3. The van der Waals surface area contributed by atoms with Crippen LogP contribution in [0.25, 0.3) is 0 Å². The van der Waals surface area contributed by atoms with Crippen LogP contribution in [0.15, 0.2) is 24.3 Å². The van der Waals surface area contributed by atoms with Crippen molar-refractivity contribution in [2.45, 2.75) is 51.3 Å². The quantitative estimate of drug-likeness (QED) is 0.700. The molecule has 2 N–H and O–H groups in total. The number of piperidine rings is 1. The number of hydrogen-bond acceptors (Lipinski definition) is 4. The molecule has 0 unspecified atom stereocenters. The number of aliphatic hydroxyl groups is 1.